The minimum absolute atomic E-state index is 0.111. The molecule has 4 heterocycles. The van der Waals surface area contributed by atoms with E-state index in [0.29, 0.717) is 42.3 Å². The maximum atomic E-state index is 14.0. The van der Waals surface area contributed by atoms with Crippen LogP contribution < -0.4 is 10.5 Å². The number of rotatable bonds is 4. The first-order valence-electron chi connectivity index (χ1n) is 15.1. The number of fused-ring (bicyclic) bond motifs is 4. The molecule has 0 spiro atoms. The number of piperidine rings is 2. The van der Waals surface area contributed by atoms with E-state index in [2.05, 4.69) is 18.7 Å². The number of para-hydroxylation sites is 2. The standard InChI is InChI=1S/C31H42N4O3/c1-19-15-20-16-21(9-6-13-31(19,20)2)34-22-7-5-8-23(34)18-24(17-22)35-26-11-4-3-10-25(26)32-28(29(35)36)33-14-12-27(33)30(37)38/h3-4,10-11,19-24,27H,5-9,12-18H2,1-2H3,(H,37,38)/t19-,20-,21+,22-,23+,24?,27+,31?/m0/s1. The molecule has 2 saturated carbocycles. The number of anilines is 1. The summed E-state index contributed by atoms with van der Waals surface area (Å²) in [5.41, 5.74) is 2.11. The van der Waals surface area contributed by atoms with Gasteiger partial charge in [0.1, 0.15) is 6.04 Å². The van der Waals surface area contributed by atoms with Crippen LogP contribution in [0.2, 0.25) is 0 Å². The van der Waals surface area contributed by atoms with E-state index in [1.165, 1.54) is 51.4 Å². The van der Waals surface area contributed by atoms with Crippen molar-refractivity contribution in [1.82, 2.24) is 14.5 Å². The van der Waals surface area contributed by atoms with Gasteiger partial charge in [0.2, 0.25) is 0 Å². The zero-order valence-electron chi connectivity index (χ0n) is 22.9. The fourth-order valence-corrected chi connectivity index (χ4v) is 9.24. The molecule has 7 heteroatoms. The third kappa shape index (κ3) is 3.67. The highest BCUT2D eigenvalue weighted by Crippen LogP contribution is 2.59. The van der Waals surface area contributed by atoms with Gasteiger partial charge in [-0.25, -0.2) is 9.78 Å². The van der Waals surface area contributed by atoms with Crippen LogP contribution in [0.15, 0.2) is 29.1 Å². The monoisotopic (exact) mass is 518 g/mol. The molecule has 204 valence electrons. The molecule has 7 nitrogen and oxygen atoms in total. The summed E-state index contributed by atoms with van der Waals surface area (Å²) < 4.78 is 2.01. The SMILES string of the molecule is C[C@H]1C[C@H]2C[C@H](N3[C@@H]4CCC[C@H]3CC(n3c(=O)c(N5CC[C@@H]5C(=O)O)nc5ccccc53)C4)CCCC21C. The highest BCUT2D eigenvalue weighted by Gasteiger charge is 2.52. The van der Waals surface area contributed by atoms with E-state index in [1.54, 1.807) is 4.90 Å². The number of carboxylic acids is 1. The second-order valence-electron chi connectivity index (χ2n) is 13.4. The fourth-order valence-electron chi connectivity index (χ4n) is 9.24. The molecule has 0 radical (unpaired) electrons. The molecule has 2 aliphatic carbocycles. The van der Waals surface area contributed by atoms with Crippen LogP contribution in [0.1, 0.15) is 90.5 Å². The minimum atomic E-state index is -0.875. The number of carboxylic acid groups (broad SMARTS) is 1. The van der Waals surface area contributed by atoms with E-state index in [1.807, 2.05) is 28.8 Å². The molecule has 2 aromatic rings. The summed E-state index contributed by atoms with van der Waals surface area (Å²) in [4.78, 5) is 35.1. The average Bonchev–Trinajstić information content (AvgIpc) is 2.99. The van der Waals surface area contributed by atoms with Crippen LogP contribution in [0.4, 0.5) is 5.82 Å². The molecule has 2 bridgehead atoms. The molecule has 5 fully saturated rings. The fraction of sp³-hybridized carbons (Fsp3) is 0.710. The van der Waals surface area contributed by atoms with Crippen LogP contribution in [-0.4, -0.2) is 56.2 Å². The Bertz CT molecular complexity index is 1290. The summed E-state index contributed by atoms with van der Waals surface area (Å²) in [6.07, 6.45) is 13.1. The molecular formula is C31H42N4O3. The molecule has 7 rings (SSSR count). The maximum Gasteiger partial charge on any atom is 0.326 e. The van der Waals surface area contributed by atoms with Crippen molar-refractivity contribution < 1.29 is 9.90 Å². The topological polar surface area (TPSA) is 78.7 Å². The van der Waals surface area contributed by atoms with Gasteiger partial charge in [0.05, 0.1) is 11.0 Å². The van der Waals surface area contributed by atoms with Crippen molar-refractivity contribution in [3.8, 4) is 0 Å². The van der Waals surface area contributed by atoms with Gasteiger partial charge in [-0.05, 0) is 87.2 Å². The van der Waals surface area contributed by atoms with Gasteiger partial charge >= 0.3 is 5.97 Å². The average molecular weight is 519 g/mol. The van der Waals surface area contributed by atoms with Crippen molar-refractivity contribution in [2.75, 3.05) is 11.4 Å². The lowest BCUT2D eigenvalue weighted by molar-refractivity contribution is -0.140. The number of nitrogens with zero attached hydrogens (tertiary/aromatic N) is 4. The van der Waals surface area contributed by atoms with Crippen molar-refractivity contribution in [2.24, 2.45) is 17.3 Å². The summed E-state index contributed by atoms with van der Waals surface area (Å²) in [5.74, 6) is 1.18. The molecule has 5 aliphatic rings. The van der Waals surface area contributed by atoms with Gasteiger partial charge in [0.15, 0.2) is 5.82 Å². The highest BCUT2D eigenvalue weighted by atomic mass is 16.4. The van der Waals surface area contributed by atoms with Crippen LogP contribution in [0.3, 0.4) is 0 Å². The lowest BCUT2D eigenvalue weighted by Crippen LogP contribution is -2.58. The van der Waals surface area contributed by atoms with Crippen molar-refractivity contribution in [2.45, 2.75) is 115 Å². The van der Waals surface area contributed by atoms with E-state index in [-0.39, 0.29) is 11.6 Å². The van der Waals surface area contributed by atoms with Gasteiger partial charge in [0, 0.05) is 30.7 Å². The second kappa shape index (κ2) is 9.07. The molecule has 38 heavy (non-hydrogen) atoms. The molecule has 3 saturated heterocycles. The van der Waals surface area contributed by atoms with Gasteiger partial charge in [-0.1, -0.05) is 38.8 Å². The first-order chi connectivity index (χ1) is 18.3. The molecule has 1 N–H and O–H groups in total. The van der Waals surface area contributed by atoms with E-state index in [4.69, 9.17) is 4.98 Å². The maximum absolute atomic E-state index is 14.0. The van der Waals surface area contributed by atoms with Crippen molar-refractivity contribution in [3.05, 3.63) is 34.6 Å². The Morgan fingerprint density at radius 3 is 2.37 bits per heavy atom. The van der Waals surface area contributed by atoms with E-state index >= 15 is 0 Å². The first kappa shape index (κ1) is 24.6. The Kier molecular flexibility index (Phi) is 5.88. The van der Waals surface area contributed by atoms with Crippen LogP contribution >= 0.6 is 0 Å². The van der Waals surface area contributed by atoms with Crippen LogP contribution in [-0.2, 0) is 4.79 Å². The Labute approximate surface area is 225 Å². The third-order valence-corrected chi connectivity index (χ3v) is 11.7. The van der Waals surface area contributed by atoms with Crippen LogP contribution in [0, 0.1) is 17.3 Å². The minimum Gasteiger partial charge on any atom is -0.480 e. The first-order valence-corrected chi connectivity index (χ1v) is 15.1. The molecule has 3 aliphatic heterocycles. The highest BCUT2D eigenvalue weighted by molar-refractivity contribution is 5.81. The molecular weight excluding hydrogens is 476 g/mol. The lowest BCUT2D eigenvalue weighted by Gasteiger charge is -2.56. The Morgan fingerprint density at radius 1 is 0.974 bits per heavy atom. The van der Waals surface area contributed by atoms with Gasteiger partial charge < -0.3 is 14.6 Å². The Balaban J connectivity index is 1.21. The predicted octanol–water partition coefficient (Wildman–Crippen LogP) is 5.22. The lowest BCUT2D eigenvalue weighted by atomic mass is 9.52. The quantitative estimate of drug-likeness (QED) is 0.598. The van der Waals surface area contributed by atoms with E-state index < -0.39 is 12.0 Å². The summed E-state index contributed by atoms with van der Waals surface area (Å²) >= 11 is 0. The van der Waals surface area contributed by atoms with E-state index in [0.717, 1.165) is 35.7 Å². The van der Waals surface area contributed by atoms with Gasteiger partial charge in [-0.3, -0.25) is 9.69 Å². The Morgan fingerprint density at radius 2 is 1.68 bits per heavy atom. The number of aromatic nitrogens is 2. The van der Waals surface area contributed by atoms with Gasteiger partial charge in [0.25, 0.3) is 5.56 Å². The van der Waals surface area contributed by atoms with Crippen LogP contribution in [0.5, 0.6) is 0 Å². The van der Waals surface area contributed by atoms with E-state index in [9.17, 15) is 14.7 Å². The van der Waals surface area contributed by atoms with Gasteiger partial charge in [-0.2, -0.15) is 0 Å². The summed E-state index contributed by atoms with van der Waals surface area (Å²) in [7, 11) is 0. The normalized spacial score (nSPS) is 39.1. The number of hydrogen-bond donors (Lipinski definition) is 1. The predicted molar refractivity (Wildman–Crippen MR) is 149 cm³/mol. The van der Waals surface area contributed by atoms with Crippen molar-refractivity contribution in [3.63, 3.8) is 0 Å². The molecule has 8 atom stereocenters. The molecule has 0 amide bonds. The molecule has 1 aromatic carbocycles. The number of hydrogen-bond acceptors (Lipinski definition) is 5. The zero-order valence-corrected chi connectivity index (χ0v) is 22.9. The van der Waals surface area contributed by atoms with Gasteiger partial charge in [-0.15, -0.1) is 0 Å². The largest absolute Gasteiger partial charge is 0.480 e. The Hall–Kier alpha value is -2.41. The van der Waals surface area contributed by atoms with Crippen LogP contribution in [0.25, 0.3) is 11.0 Å². The van der Waals surface area contributed by atoms with Crippen molar-refractivity contribution >= 4 is 22.8 Å². The molecule has 2 unspecified atom stereocenters. The smallest absolute Gasteiger partial charge is 0.326 e. The number of benzene rings is 1. The summed E-state index contributed by atoms with van der Waals surface area (Å²) in [6, 6.07) is 9.14. The zero-order chi connectivity index (χ0) is 26.2. The number of carbonyl (C=O) groups is 1. The third-order valence-electron chi connectivity index (χ3n) is 11.7. The molecule has 1 aromatic heterocycles. The van der Waals surface area contributed by atoms with Crippen molar-refractivity contribution in [1.29, 1.82) is 0 Å². The number of aliphatic carboxylic acids is 1. The summed E-state index contributed by atoms with van der Waals surface area (Å²) in [5, 5.41) is 9.65. The second-order valence-corrected chi connectivity index (χ2v) is 13.4. The summed E-state index contributed by atoms with van der Waals surface area (Å²) in [6.45, 7) is 5.58.